The number of rotatable bonds is 11. The van der Waals surface area contributed by atoms with Crippen molar-refractivity contribution in [2.45, 2.75) is 32.9 Å². The number of benzene rings is 2. The lowest BCUT2D eigenvalue weighted by Gasteiger charge is -2.24. The van der Waals surface area contributed by atoms with E-state index in [0.717, 1.165) is 47.6 Å². The van der Waals surface area contributed by atoms with E-state index < -0.39 is 0 Å². The van der Waals surface area contributed by atoms with Crippen molar-refractivity contribution in [3.8, 4) is 16.9 Å². The molecule has 0 atom stereocenters. The molecule has 9 nitrogen and oxygen atoms in total. The van der Waals surface area contributed by atoms with Crippen LogP contribution >= 0.6 is 0 Å². The third-order valence-corrected chi connectivity index (χ3v) is 5.83. The van der Waals surface area contributed by atoms with Gasteiger partial charge in [-0.1, -0.05) is 31.5 Å². The highest BCUT2D eigenvalue weighted by Crippen LogP contribution is 2.33. The number of hydrogen-bond donors (Lipinski definition) is 0. The van der Waals surface area contributed by atoms with Crippen LogP contribution in [-0.2, 0) is 20.9 Å². The number of carbonyl (C=O) groups excluding carboxylic acids is 1. The first-order chi connectivity index (χ1) is 17.2. The molecule has 0 saturated carbocycles. The van der Waals surface area contributed by atoms with Gasteiger partial charge in [-0.3, -0.25) is 0 Å². The highest BCUT2D eigenvalue weighted by Gasteiger charge is 2.21. The number of aromatic nitrogens is 4. The number of esters is 1. The summed E-state index contributed by atoms with van der Waals surface area (Å²) in [5.41, 5.74) is 4.69. The Morgan fingerprint density at radius 3 is 2.63 bits per heavy atom. The monoisotopic (exact) mass is 477 g/mol. The zero-order chi connectivity index (χ0) is 24.5. The van der Waals surface area contributed by atoms with Gasteiger partial charge in [-0.05, 0) is 70.3 Å². The quantitative estimate of drug-likeness (QED) is 0.303. The summed E-state index contributed by atoms with van der Waals surface area (Å²) in [6.07, 6.45) is 6.26. The van der Waals surface area contributed by atoms with Crippen LogP contribution < -0.4 is 9.64 Å². The Morgan fingerprint density at radius 1 is 1.06 bits per heavy atom. The lowest BCUT2D eigenvalue weighted by molar-refractivity contribution is -0.136. The molecule has 4 rings (SSSR count). The number of hydrogen-bond acceptors (Lipinski definition) is 8. The molecule has 1 aliphatic rings. The maximum Gasteiger partial charge on any atom is 0.333 e. The number of anilines is 1. The molecule has 1 aliphatic heterocycles. The molecule has 0 aliphatic carbocycles. The van der Waals surface area contributed by atoms with Gasteiger partial charge in [-0.15, -0.1) is 5.10 Å². The van der Waals surface area contributed by atoms with Crippen LogP contribution in [0.25, 0.3) is 17.2 Å². The van der Waals surface area contributed by atoms with Crippen molar-refractivity contribution in [3.05, 3.63) is 59.9 Å². The fraction of sp³-hybridized carbons (Fsp3) is 0.385. The van der Waals surface area contributed by atoms with Gasteiger partial charge >= 0.3 is 5.97 Å². The second-order valence-electron chi connectivity index (χ2n) is 8.28. The molecule has 0 fully saturated rings. The molecule has 184 valence electrons. The summed E-state index contributed by atoms with van der Waals surface area (Å²) in [5.74, 6) is 0.494. The molecule has 0 unspecified atom stereocenters. The summed E-state index contributed by atoms with van der Waals surface area (Å²) in [6.45, 7) is 5.16. The van der Waals surface area contributed by atoms with E-state index in [4.69, 9.17) is 14.2 Å². The minimum atomic E-state index is -0.314. The van der Waals surface area contributed by atoms with Gasteiger partial charge in [0.1, 0.15) is 25.4 Å². The third kappa shape index (κ3) is 6.45. The molecule has 0 N–H and O–H groups in total. The number of nitrogens with zero attached hydrogens (tertiary/aromatic N) is 5. The molecule has 1 aromatic heterocycles. The summed E-state index contributed by atoms with van der Waals surface area (Å²) in [6, 6.07) is 14.3. The van der Waals surface area contributed by atoms with E-state index in [1.165, 1.54) is 7.11 Å². The van der Waals surface area contributed by atoms with Crippen LogP contribution in [0, 0.1) is 0 Å². The first-order valence-electron chi connectivity index (χ1n) is 11.9. The molecular weight excluding hydrogens is 446 g/mol. The van der Waals surface area contributed by atoms with Crippen LogP contribution in [0.15, 0.2) is 54.4 Å². The van der Waals surface area contributed by atoms with Gasteiger partial charge in [0.25, 0.3) is 0 Å². The van der Waals surface area contributed by atoms with E-state index in [9.17, 15) is 4.79 Å². The van der Waals surface area contributed by atoms with Crippen LogP contribution in [0.4, 0.5) is 5.69 Å². The molecule has 2 aromatic carbocycles. The van der Waals surface area contributed by atoms with Gasteiger partial charge in [0.05, 0.1) is 13.7 Å². The Labute approximate surface area is 205 Å². The van der Waals surface area contributed by atoms with Crippen molar-refractivity contribution in [3.63, 3.8) is 0 Å². The van der Waals surface area contributed by atoms with Gasteiger partial charge in [0.15, 0.2) is 0 Å². The molecule has 0 bridgehead atoms. The normalized spacial score (nSPS) is 13.1. The second-order valence-corrected chi connectivity index (χ2v) is 8.28. The average Bonchev–Trinajstić information content (AvgIpc) is 3.34. The number of fused-ring (bicyclic) bond motifs is 1. The first kappa shape index (κ1) is 24.4. The number of methoxy groups -OCH3 is 1. The predicted octanol–water partition coefficient (Wildman–Crippen LogP) is 3.96. The predicted molar refractivity (Wildman–Crippen MR) is 133 cm³/mol. The Bertz CT molecular complexity index is 1130. The van der Waals surface area contributed by atoms with Crippen LogP contribution in [0.1, 0.15) is 31.7 Å². The zero-order valence-electron chi connectivity index (χ0n) is 20.2. The van der Waals surface area contributed by atoms with Gasteiger partial charge in [-0.25, -0.2) is 9.48 Å². The Balaban J connectivity index is 1.51. The fourth-order valence-corrected chi connectivity index (χ4v) is 3.94. The molecule has 2 heterocycles. The summed E-state index contributed by atoms with van der Waals surface area (Å²) in [4.78, 5) is 14.5. The van der Waals surface area contributed by atoms with E-state index in [-0.39, 0.29) is 5.97 Å². The Kier molecular flexibility index (Phi) is 8.45. The van der Waals surface area contributed by atoms with Crippen molar-refractivity contribution >= 4 is 17.7 Å². The summed E-state index contributed by atoms with van der Waals surface area (Å²) < 4.78 is 18.0. The maximum atomic E-state index is 12.3. The van der Waals surface area contributed by atoms with Gasteiger partial charge in [0.2, 0.25) is 0 Å². The first-order valence-corrected chi connectivity index (χ1v) is 11.9. The van der Waals surface area contributed by atoms with E-state index in [1.54, 1.807) is 11.0 Å². The molecule has 0 spiro atoms. The smallest absolute Gasteiger partial charge is 0.333 e. The average molecular weight is 478 g/mol. The highest BCUT2D eigenvalue weighted by molar-refractivity contribution is 5.95. The molecule has 0 radical (unpaired) electrons. The summed E-state index contributed by atoms with van der Waals surface area (Å²) in [7, 11) is 1.41. The lowest BCUT2D eigenvalue weighted by atomic mass is 10.0. The van der Waals surface area contributed by atoms with Crippen LogP contribution in [0.3, 0.4) is 0 Å². The number of ether oxygens (including phenoxy) is 3. The largest absolute Gasteiger partial charge is 0.491 e. The summed E-state index contributed by atoms with van der Waals surface area (Å²) in [5, 5.41) is 11.4. The van der Waals surface area contributed by atoms with Crippen LogP contribution in [0.5, 0.6) is 5.75 Å². The zero-order valence-corrected chi connectivity index (χ0v) is 20.2. The van der Waals surface area contributed by atoms with Crippen molar-refractivity contribution in [1.82, 2.24) is 20.2 Å². The van der Waals surface area contributed by atoms with Crippen molar-refractivity contribution in [2.75, 3.05) is 38.4 Å². The van der Waals surface area contributed by atoms with E-state index in [0.29, 0.717) is 38.4 Å². The Morgan fingerprint density at radius 2 is 1.89 bits per heavy atom. The third-order valence-electron chi connectivity index (χ3n) is 5.83. The number of unbranched alkanes of at least 4 members (excludes halogenated alkanes) is 1. The van der Waals surface area contributed by atoms with E-state index in [2.05, 4.69) is 45.5 Å². The van der Waals surface area contributed by atoms with E-state index >= 15 is 0 Å². The molecular formula is C26H31N5O4. The second kappa shape index (κ2) is 12.1. The number of tetrazole rings is 1. The summed E-state index contributed by atoms with van der Waals surface area (Å²) >= 11 is 0. The minimum Gasteiger partial charge on any atom is -0.491 e. The number of carbonyl (C=O) groups is 1. The van der Waals surface area contributed by atoms with Crippen LogP contribution in [0.2, 0.25) is 0 Å². The van der Waals surface area contributed by atoms with E-state index in [1.807, 2.05) is 30.3 Å². The topological polar surface area (TPSA) is 91.6 Å². The molecule has 35 heavy (non-hydrogen) atoms. The standard InChI is InChI=1S/C26H31N5O4/c1-3-4-13-34-14-15-35-24-8-5-20(6-9-24)21-7-10-25-23(16-21)17-22(26(32)33-2)11-12-30(25)19-31-18-27-28-29-31/h5-10,16-18H,3-4,11-15,19H2,1-2H3. The highest BCUT2D eigenvalue weighted by atomic mass is 16.5. The maximum absolute atomic E-state index is 12.3. The van der Waals surface area contributed by atoms with Crippen molar-refractivity contribution in [2.24, 2.45) is 0 Å². The molecule has 0 saturated heterocycles. The molecule has 3 aromatic rings. The van der Waals surface area contributed by atoms with Crippen molar-refractivity contribution < 1.29 is 19.0 Å². The minimum absolute atomic E-state index is 0.314. The van der Waals surface area contributed by atoms with Gasteiger partial charge in [-0.2, -0.15) is 0 Å². The van der Waals surface area contributed by atoms with Crippen molar-refractivity contribution in [1.29, 1.82) is 0 Å². The molecule has 9 heteroatoms. The van der Waals surface area contributed by atoms with Crippen LogP contribution in [-0.4, -0.2) is 59.7 Å². The van der Waals surface area contributed by atoms with Gasteiger partial charge < -0.3 is 19.1 Å². The lowest BCUT2D eigenvalue weighted by Crippen LogP contribution is -2.28. The van der Waals surface area contributed by atoms with Gasteiger partial charge in [0, 0.05) is 24.4 Å². The molecule has 0 amide bonds. The fourth-order valence-electron chi connectivity index (χ4n) is 3.94. The SMILES string of the molecule is CCCCOCCOc1ccc(-c2ccc3c(c2)C=C(C(=O)OC)CCN3Cn2cnnn2)cc1. The Hall–Kier alpha value is -3.72.